The van der Waals surface area contributed by atoms with Gasteiger partial charge < -0.3 is 16.6 Å². The molecule has 1 aromatic rings. The number of aliphatic imine (C=N–C) groups is 1. The summed E-state index contributed by atoms with van der Waals surface area (Å²) in [5.74, 6) is 0.174. The van der Waals surface area contributed by atoms with Crippen molar-refractivity contribution in [3.63, 3.8) is 0 Å². The van der Waals surface area contributed by atoms with Gasteiger partial charge in [0.05, 0.1) is 6.10 Å². The highest BCUT2D eigenvalue weighted by atomic mass is 32.2. The minimum Gasteiger partial charge on any atom is -0.388 e. The van der Waals surface area contributed by atoms with Crippen LogP contribution in [0.2, 0.25) is 0 Å². The van der Waals surface area contributed by atoms with Gasteiger partial charge in [-0.2, -0.15) is 4.99 Å². The standard InChI is InChI=1S/C13H17N3O2S/c1-2-7-5-9-10(17)3-4-19-11(9)6-8(7)12(18)16-13(14)15/h5-6,10,17H,2-4H2,1H3,(H4,14,15,16,18). The van der Waals surface area contributed by atoms with Crippen LogP contribution in [0.1, 0.15) is 40.9 Å². The van der Waals surface area contributed by atoms with Crippen LogP contribution in [0.5, 0.6) is 0 Å². The first-order valence-corrected chi connectivity index (χ1v) is 7.13. The fraction of sp³-hybridized carbons (Fsp3) is 0.385. The zero-order chi connectivity index (χ0) is 14.0. The van der Waals surface area contributed by atoms with Crippen molar-refractivity contribution in [2.45, 2.75) is 30.8 Å². The number of aliphatic hydroxyl groups excluding tert-OH is 1. The van der Waals surface area contributed by atoms with Gasteiger partial charge in [-0.1, -0.05) is 13.0 Å². The number of guanidine groups is 1. The minimum absolute atomic E-state index is 0.238. The molecule has 1 aliphatic heterocycles. The van der Waals surface area contributed by atoms with Gasteiger partial charge >= 0.3 is 0 Å². The predicted molar refractivity (Wildman–Crippen MR) is 76.3 cm³/mol. The third-order valence-electron chi connectivity index (χ3n) is 3.09. The molecule has 6 heteroatoms. The molecule has 0 fully saturated rings. The largest absolute Gasteiger partial charge is 0.388 e. The van der Waals surface area contributed by atoms with Crippen LogP contribution >= 0.6 is 11.8 Å². The first-order chi connectivity index (χ1) is 9.02. The Bertz CT molecular complexity index is 539. The number of nitrogens with zero attached hydrogens (tertiary/aromatic N) is 1. The average Bonchev–Trinajstić information content (AvgIpc) is 2.37. The van der Waals surface area contributed by atoms with E-state index in [1.165, 1.54) is 0 Å². The number of fused-ring (bicyclic) bond motifs is 1. The van der Waals surface area contributed by atoms with Gasteiger partial charge in [0.1, 0.15) is 0 Å². The smallest absolute Gasteiger partial charge is 0.280 e. The summed E-state index contributed by atoms with van der Waals surface area (Å²) in [6, 6.07) is 3.68. The Morgan fingerprint density at radius 2 is 2.26 bits per heavy atom. The summed E-state index contributed by atoms with van der Waals surface area (Å²) < 4.78 is 0. The molecule has 0 aliphatic carbocycles. The van der Waals surface area contributed by atoms with Crippen LogP contribution in [0.3, 0.4) is 0 Å². The van der Waals surface area contributed by atoms with Crippen LogP contribution in [0.25, 0.3) is 0 Å². The van der Waals surface area contributed by atoms with Gasteiger partial charge in [0.25, 0.3) is 5.91 Å². The lowest BCUT2D eigenvalue weighted by atomic mass is 9.97. The number of rotatable bonds is 2. The Hall–Kier alpha value is -1.53. The molecule has 1 heterocycles. The van der Waals surface area contributed by atoms with Crippen LogP contribution in [0.4, 0.5) is 0 Å². The monoisotopic (exact) mass is 279 g/mol. The highest BCUT2D eigenvalue weighted by Gasteiger charge is 2.22. The van der Waals surface area contributed by atoms with Crippen molar-refractivity contribution in [3.8, 4) is 0 Å². The van der Waals surface area contributed by atoms with E-state index in [-0.39, 0.29) is 5.96 Å². The molecule has 0 saturated heterocycles. The van der Waals surface area contributed by atoms with Gasteiger partial charge in [-0.15, -0.1) is 11.8 Å². The maximum atomic E-state index is 12.0. The highest BCUT2D eigenvalue weighted by molar-refractivity contribution is 7.99. The van der Waals surface area contributed by atoms with E-state index in [1.54, 1.807) is 17.8 Å². The second-order valence-electron chi connectivity index (χ2n) is 4.40. The number of thioether (sulfide) groups is 1. The summed E-state index contributed by atoms with van der Waals surface area (Å²) in [6.45, 7) is 1.95. The molecule has 0 bridgehead atoms. The Labute approximate surface area is 116 Å². The molecule has 0 radical (unpaired) electrons. The second-order valence-corrected chi connectivity index (χ2v) is 5.53. The van der Waals surface area contributed by atoms with Gasteiger partial charge in [-0.05, 0) is 30.0 Å². The molecule has 102 valence electrons. The number of carbonyl (C=O) groups is 1. The molecular weight excluding hydrogens is 262 g/mol. The molecule has 0 aromatic heterocycles. The molecule has 5 N–H and O–H groups in total. The fourth-order valence-electron chi connectivity index (χ4n) is 2.13. The Morgan fingerprint density at radius 3 is 2.89 bits per heavy atom. The van der Waals surface area contributed by atoms with Crippen molar-refractivity contribution < 1.29 is 9.90 Å². The van der Waals surface area contributed by atoms with Gasteiger partial charge in [-0.3, -0.25) is 4.79 Å². The Kier molecular flexibility index (Phi) is 4.11. The van der Waals surface area contributed by atoms with Crippen LogP contribution in [-0.2, 0) is 6.42 Å². The summed E-state index contributed by atoms with van der Waals surface area (Å²) >= 11 is 1.64. The number of benzene rings is 1. The van der Waals surface area contributed by atoms with Crippen molar-refractivity contribution in [1.82, 2.24) is 0 Å². The van der Waals surface area contributed by atoms with Crippen molar-refractivity contribution in [1.29, 1.82) is 0 Å². The first kappa shape index (κ1) is 13.9. The third-order valence-corrected chi connectivity index (χ3v) is 4.19. The average molecular weight is 279 g/mol. The fourth-order valence-corrected chi connectivity index (χ4v) is 3.26. The number of aryl methyl sites for hydroxylation is 1. The van der Waals surface area contributed by atoms with E-state index in [0.29, 0.717) is 12.0 Å². The maximum Gasteiger partial charge on any atom is 0.280 e. The molecule has 1 unspecified atom stereocenters. The summed E-state index contributed by atoms with van der Waals surface area (Å²) in [4.78, 5) is 16.5. The van der Waals surface area contributed by atoms with Crippen LogP contribution in [0.15, 0.2) is 22.0 Å². The van der Waals surface area contributed by atoms with Crippen molar-refractivity contribution in [2.24, 2.45) is 16.5 Å². The van der Waals surface area contributed by atoms with E-state index >= 15 is 0 Å². The second kappa shape index (κ2) is 5.63. The van der Waals surface area contributed by atoms with Gasteiger partial charge in [0.15, 0.2) is 5.96 Å². The molecule has 2 rings (SSSR count). The predicted octanol–water partition coefficient (Wildman–Crippen LogP) is 1.19. The molecule has 0 spiro atoms. The lowest BCUT2D eigenvalue weighted by Gasteiger charge is -2.22. The van der Waals surface area contributed by atoms with E-state index in [1.807, 2.05) is 13.0 Å². The van der Waals surface area contributed by atoms with E-state index in [0.717, 1.165) is 28.2 Å². The molecule has 1 aromatic carbocycles. The number of amides is 1. The number of aliphatic hydroxyl groups is 1. The van der Waals surface area contributed by atoms with E-state index < -0.39 is 12.0 Å². The van der Waals surface area contributed by atoms with Gasteiger partial charge in [0.2, 0.25) is 0 Å². The molecule has 1 amide bonds. The Morgan fingerprint density at radius 1 is 1.53 bits per heavy atom. The SMILES string of the molecule is CCc1cc2c(cc1C(=O)N=C(N)N)SCCC2O. The van der Waals surface area contributed by atoms with Crippen LogP contribution in [-0.4, -0.2) is 22.7 Å². The minimum atomic E-state index is -0.450. The molecule has 1 aliphatic rings. The highest BCUT2D eigenvalue weighted by Crippen LogP contribution is 2.38. The number of hydrogen-bond donors (Lipinski definition) is 3. The lowest BCUT2D eigenvalue weighted by Crippen LogP contribution is -2.24. The molecule has 5 nitrogen and oxygen atoms in total. The van der Waals surface area contributed by atoms with E-state index in [4.69, 9.17) is 11.5 Å². The first-order valence-electron chi connectivity index (χ1n) is 6.14. The Balaban J connectivity index is 2.50. The van der Waals surface area contributed by atoms with Gasteiger partial charge in [-0.25, -0.2) is 0 Å². The van der Waals surface area contributed by atoms with Crippen molar-refractivity contribution in [2.75, 3.05) is 5.75 Å². The summed E-state index contributed by atoms with van der Waals surface area (Å²) in [5, 5.41) is 9.99. The van der Waals surface area contributed by atoms with Crippen LogP contribution in [0, 0.1) is 0 Å². The zero-order valence-corrected chi connectivity index (χ0v) is 11.5. The number of carbonyl (C=O) groups excluding carboxylic acids is 1. The summed E-state index contributed by atoms with van der Waals surface area (Å²) in [7, 11) is 0. The van der Waals surface area contributed by atoms with Gasteiger partial charge in [0, 0.05) is 16.2 Å². The topological polar surface area (TPSA) is 102 Å². The molecule has 1 atom stereocenters. The lowest BCUT2D eigenvalue weighted by molar-refractivity contribution is 0.100. The third kappa shape index (κ3) is 2.90. The van der Waals surface area contributed by atoms with E-state index in [2.05, 4.69) is 4.99 Å². The van der Waals surface area contributed by atoms with Crippen LogP contribution < -0.4 is 11.5 Å². The number of hydrogen-bond acceptors (Lipinski definition) is 3. The maximum absolute atomic E-state index is 12.0. The quantitative estimate of drug-likeness (QED) is 0.557. The summed E-state index contributed by atoms with van der Waals surface area (Å²) in [6.07, 6.45) is 0.974. The molecular formula is C13H17N3O2S. The summed E-state index contributed by atoms with van der Waals surface area (Å²) in [5.41, 5.74) is 12.8. The van der Waals surface area contributed by atoms with E-state index in [9.17, 15) is 9.90 Å². The molecule has 0 saturated carbocycles. The number of nitrogens with two attached hydrogens (primary N) is 2. The normalized spacial score (nSPS) is 17.7. The van der Waals surface area contributed by atoms with Crippen molar-refractivity contribution >= 4 is 23.6 Å². The zero-order valence-electron chi connectivity index (χ0n) is 10.7. The van der Waals surface area contributed by atoms with Crippen molar-refractivity contribution in [3.05, 3.63) is 28.8 Å². The molecule has 19 heavy (non-hydrogen) atoms.